The molecule has 2 rings (SSSR count). The number of unbranched alkanes of at least 4 members (excludes halogenated alkanes) is 5. The Kier molecular flexibility index (Phi) is 10.8. The number of ether oxygens (including phenoxy) is 2. The summed E-state index contributed by atoms with van der Waals surface area (Å²) in [6, 6.07) is 14.0. The zero-order valence-electron chi connectivity index (χ0n) is 18.4. The number of aromatic hydroxyl groups is 1. The van der Waals surface area contributed by atoms with E-state index in [9.17, 15) is 9.90 Å². The van der Waals surface area contributed by atoms with E-state index in [4.69, 9.17) is 9.47 Å². The van der Waals surface area contributed by atoms with Gasteiger partial charge in [-0.15, -0.1) is 0 Å². The summed E-state index contributed by atoms with van der Waals surface area (Å²) in [4.78, 5) is 12.5. The molecule has 0 radical (unpaired) electrons. The van der Waals surface area contributed by atoms with E-state index in [1.807, 2.05) is 12.1 Å². The summed E-state index contributed by atoms with van der Waals surface area (Å²) in [7, 11) is 0. The number of phenols is 1. The Morgan fingerprint density at radius 1 is 0.833 bits per heavy atom. The largest absolute Gasteiger partial charge is 0.508 e. The van der Waals surface area contributed by atoms with E-state index in [1.165, 1.54) is 32.1 Å². The van der Waals surface area contributed by atoms with Gasteiger partial charge in [0, 0.05) is 0 Å². The van der Waals surface area contributed by atoms with Gasteiger partial charge in [-0.2, -0.15) is 0 Å². The molecular weight excluding hydrogens is 376 g/mol. The number of rotatable bonds is 14. The van der Waals surface area contributed by atoms with Crippen molar-refractivity contribution in [3.8, 4) is 11.5 Å². The van der Waals surface area contributed by atoms with Gasteiger partial charge in [0.1, 0.15) is 24.2 Å². The molecule has 30 heavy (non-hydrogen) atoms. The number of esters is 1. The van der Waals surface area contributed by atoms with E-state index in [0.29, 0.717) is 17.9 Å². The maximum absolute atomic E-state index is 12.5. The van der Waals surface area contributed by atoms with Crippen molar-refractivity contribution < 1.29 is 19.4 Å². The third kappa shape index (κ3) is 8.89. The van der Waals surface area contributed by atoms with Crippen LogP contribution in [0, 0.1) is 0 Å². The number of benzene rings is 2. The lowest BCUT2D eigenvalue weighted by molar-refractivity contribution is 0.0253. The molecule has 0 aromatic heterocycles. The van der Waals surface area contributed by atoms with Crippen LogP contribution >= 0.6 is 0 Å². The molecule has 0 saturated carbocycles. The van der Waals surface area contributed by atoms with Gasteiger partial charge < -0.3 is 14.6 Å². The molecule has 1 unspecified atom stereocenters. The summed E-state index contributed by atoms with van der Waals surface area (Å²) in [5.74, 6) is 0.655. The average Bonchev–Trinajstić information content (AvgIpc) is 2.76. The molecule has 4 nitrogen and oxygen atoms in total. The van der Waals surface area contributed by atoms with Crippen LogP contribution in [0.5, 0.6) is 11.5 Å². The van der Waals surface area contributed by atoms with E-state index >= 15 is 0 Å². The molecule has 164 valence electrons. The van der Waals surface area contributed by atoms with Crippen molar-refractivity contribution in [3.63, 3.8) is 0 Å². The number of carbonyl (C=O) groups excluding carboxylic acids is 1. The number of hydrogen-bond acceptors (Lipinski definition) is 4. The fourth-order valence-electron chi connectivity index (χ4n) is 3.40. The molecule has 0 fully saturated rings. The van der Waals surface area contributed by atoms with Crippen molar-refractivity contribution in [1.82, 2.24) is 0 Å². The standard InChI is InChI=1S/C26H36O4/c1-3-5-6-7-8-9-11-25(10-4-2)30-26(28)22-14-12-21(13-15-22)20-29-24-18-16-23(27)17-19-24/h12-19,25,27H,3-11,20H2,1-2H3. The predicted octanol–water partition coefficient (Wildman–Crippen LogP) is 7.05. The molecular formula is C26H36O4. The first-order valence-electron chi connectivity index (χ1n) is 11.3. The molecule has 0 saturated heterocycles. The predicted molar refractivity (Wildman–Crippen MR) is 121 cm³/mol. The van der Waals surface area contributed by atoms with E-state index < -0.39 is 0 Å². The second-order valence-corrected chi connectivity index (χ2v) is 7.85. The van der Waals surface area contributed by atoms with Crippen LogP contribution in [0.1, 0.15) is 87.6 Å². The van der Waals surface area contributed by atoms with Crippen molar-refractivity contribution >= 4 is 5.97 Å². The van der Waals surface area contributed by atoms with Crippen LogP contribution in [0.2, 0.25) is 0 Å². The van der Waals surface area contributed by atoms with Gasteiger partial charge in [-0.1, -0.05) is 64.5 Å². The quantitative estimate of drug-likeness (QED) is 0.267. The summed E-state index contributed by atoms with van der Waals surface area (Å²) in [5, 5.41) is 9.31. The lowest BCUT2D eigenvalue weighted by Gasteiger charge is -2.17. The van der Waals surface area contributed by atoms with Crippen LogP contribution in [-0.4, -0.2) is 17.2 Å². The Morgan fingerprint density at radius 3 is 2.17 bits per heavy atom. The van der Waals surface area contributed by atoms with Crippen LogP contribution in [0.3, 0.4) is 0 Å². The second kappa shape index (κ2) is 13.7. The van der Waals surface area contributed by atoms with Crippen LogP contribution in [-0.2, 0) is 11.3 Å². The Morgan fingerprint density at radius 2 is 1.50 bits per heavy atom. The highest BCUT2D eigenvalue weighted by Gasteiger charge is 2.15. The first-order chi connectivity index (χ1) is 14.6. The highest BCUT2D eigenvalue weighted by atomic mass is 16.5. The first kappa shape index (κ1) is 23.8. The van der Waals surface area contributed by atoms with E-state index in [1.54, 1.807) is 36.4 Å². The molecule has 0 aliphatic heterocycles. The highest BCUT2D eigenvalue weighted by molar-refractivity contribution is 5.89. The van der Waals surface area contributed by atoms with Crippen molar-refractivity contribution in [2.45, 2.75) is 84.3 Å². The average molecular weight is 413 g/mol. The molecule has 2 aromatic rings. The smallest absolute Gasteiger partial charge is 0.338 e. The van der Waals surface area contributed by atoms with Crippen molar-refractivity contribution in [3.05, 3.63) is 59.7 Å². The van der Waals surface area contributed by atoms with Crippen LogP contribution in [0.4, 0.5) is 0 Å². The summed E-state index contributed by atoms with van der Waals surface area (Å²) >= 11 is 0. The summed E-state index contributed by atoms with van der Waals surface area (Å²) in [5.41, 5.74) is 1.55. The van der Waals surface area contributed by atoms with Crippen LogP contribution in [0.15, 0.2) is 48.5 Å². The fraction of sp³-hybridized carbons (Fsp3) is 0.500. The zero-order chi connectivity index (χ0) is 21.6. The molecule has 2 aromatic carbocycles. The van der Waals surface area contributed by atoms with E-state index in [-0.39, 0.29) is 17.8 Å². The maximum atomic E-state index is 12.5. The maximum Gasteiger partial charge on any atom is 0.338 e. The minimum Gasteiger partial charge on any atom is -0.508 e. The summed E-state index contributed by atoms with van der Waals surface area (Å²) in [6.07, 6.45) is 10.4. The Labute approximate surface area is 181 Å². The highest BCUT2D eigenvalue weighted by Crippen LogP contribution is 2.19. The topological polar surface area (TPSA) is 55.8 Å². The molecule has 0 spiro atoms. The van der Waals surface area contributed by atoms with Gasteiger partial charge in [0.2, 0.25) is 0 Å². The van der Waals surface area contributed by atoms with Gasteiger partial charge >= 0.3 is 5.97 Å². The van der Waals surface area contributed by atoms with Gasteiger partial charge in [-0.05, 0) is 61.2 Å². The Bertz CT molecular complexity index is 722. The lowest BCUT2D eigenvalue weighted by atomic mass is 10.0. The molecule has 1 N–H and O–H groups in total. The zero-order valence-corrected chi connectivity index (χ0v) is 18.4. The van der Waals surface area contributed by atoms with Crippen molar-refractivity contribution in [2.24, 2.45) is 0 Å². The van der Waals surface area contributed by atoms with Crippen molar-refractivity contribution in [1.29, 1.82) is 0 Å². The summed E-state index contributed by atoms with van der Waals surface area (Å²) < 4.78 is 11.5. The van der Waals surface area contributed by atoms with Gasteiger partial charge in [0.05, 0.1) is 5.56 Å². The van der Waals surface area contributed by atoms with Gasteiger partial charge in [0.25, 0.3) is 0 Å². The van der Waals surface area contributed by atoms with Gasteiger partial charge in [-0.3, -0.25) is 0 Å². The molecule has 1 atom stereocenters. The Hall–Kier alpha value is -2.49. The fourth-order valence-corrected chi connectivity index (χ4v) is 3.40. The third-order valence-electron chi connectivity index (χ3n) is 5.20. The second-order valence-electron chi connectivity index (χ2n) is 7.85. The molecule has 0 aliphatic carbocycles. The monoisotopic (exact) mass is 412 g/mol. The number of hydrogen-bond donors (Lipinski definition) is 1. The lowest BCUT2D eigenvalue weighted by Crippen LogP contribution is -2.18. The molecule has 0 aliphatic rings. The molecule has 0 bridgehead atoms. The minimum atomic E-state index is -0.245. The first-order valence-corrected chi connectivity index (χ1v) is 11.3. The third-order valence-corrected chi connectivity index (χ3v) is 5.20. The normalized spacial score (nSPS) is 11.8. The van der Waals surface area contributed by atoms with E-state index in [0.717, 1.165) is 31.2 Å². The molecule has 0 heterocycles. The van der Waals surface area contributed by atoms with Gasteiger partial charge in [-0.25, -0.2) is 4.79 Å². The summed E-state index contributed by atoms with van der Waals surface area (Å²) in [6.45, 7) is 4.76. The van der Waals surface area contributed by atoms with Crippen molar-refractivity contribution in [2.75, 3.05) is 0 Å². The number of carbonyl (C=O) groups is 1. The number of phenolic OH excluding ortho intramolecular Hbond substituents is 1. The molecule has 0 amide bonds. The van der Waals surface area contributed by atoms with Gasteiger partial charge in [0.15, 0.2) is 0 Å². The minimum absolute atomic E-state index is 0.00572. The SMILES string of the molecule is CCCCCCCCC(CCC)OC(=O)c1ccc(COc2ccc(O)cc2)cc1. The Balaban J connectivity index is 1.78. The van der Waals surface area contributed by atoms with E-state index in [2.05, 4.69) is 13.8 Å². The van der Waals surface area contributed by atoms with Crippen LogP contribution in [0.25, 0.3) is 0 Å². The van der Waals surface area contributed by atoms with Crippen LogP contribution < -0.4 is 4.74 Å². The molecule has 4 heteroatoms.